The smallest absolute Gasteiger partial charge is 0.152 e. The molecule has 1 N–H and O–H groups in total. The molecule has 2 rings (SSSR count). The van der Waals surface area contributed by atoms with Crippen LogP contribution in [0.2, 0.25) is 0 Å². The second kappa shape index (κ2) is 6.71. The van der Waals surface area contributed by atoms with Crippen LogP contribution in [0, 0.1) is 0 Å². The first-order chi connectivity index (χ1) is 9.92. The molecular formula is C16H26N4S. The molecule has 116 valence electrons. The first-order valence-corrected chi connectivity index (χ1v) is 8.73. The minimum atomic E-state index is 0.0913. The van der Waals surface area contributed by atoms with Gasteiger partial charge in [-0.15, -0.1) is 0 Å². The van der Waals surface area contributed by atoms with Gasteiger partial charge in [-0.25, -0.2) is 4.98 Å². The van der Waals surface area contributed by atoms with Crippen molar-refractivity contribution in [3.8, 4) is 0 Å². The van der Waals surface area contributed by atoms with Gasteiger partial charge in [0.1, 0.15) is 5.65 Å². The van der Waals surface area contributed by atoms with E-state index in [0.29, 0.717) is 0 Å². The number of aromatic nitrogens is 2. The lowest BCUT2D eigenvalue weighted by Crippen LogP contribution is -2.36. The average Bonchev–Trinajstić information content (AvgIpc) is 2.80. The maximum Gasteiger partial charge on any atom is 0.152 e. The Morgan fingerprint density at radius 2 is 2.10 bits per heavy atom. The van der Waals surface area contributed by atoms with Crippen LogP contribution in [0.15, 0.2) is 24.4 Å². The van der Waals surface area contributed by atoms with Gasteiger partial charge < -0.3 is 14.6 Å². The topological polar surface area (TPSA) is 32.6 Å². The molecule has 5 heteroatoms. The number of rotatable bonds is 6. The van der Waals surface area contributed by atoms with Gasteiger partial charge in [0.15, 0.2) is 5.82 Å². The fourth-order valence-corrected chi connectivity index (χ4v) is 2.64. The number of hydrogen-bond donors (Lipinski definition) is 1. The van der Waals surface area contributed by atoms with Gasteiger partial charge in [0.05, 0.1) is 5.69 Å². The molecule has 0 atom stereocenters. The van der Waals surface area contributed by atoms with Crippen molar-refractivity contribution in [3.63, 3.8) is 0 Å². The Balaban J connectivity index is 2.33. The van der Waals surface area contributed by atoms with E-state index >= 15 is 0 Å². The van der Waals surface area contributed by atoms with E-state index in [1.54, 1.807) is 0 Å². The molecule has 0 aliphatic heterocycles. The lowest BCUT2D eigenvalue weighted by Gasteiger charge is -2.23. The zero-order valence-corrected chi connectivity index (χ0v) is 14.5. The number of fused-ring (bicyclic) bond motifs is 1. The SMILES string of the molecule is CSCCN(C)c1nc2ccccn2c1CNC(C)(C)C. The van der Waals surface area contributed by atoms with Crippen molar-refractivity contribution in [1.82, 2.24) is 14.7 Å². The number of thioether (sulfide) groups is 1. The van der Waals surface area contributed by atoms with E-state index in [1.807, 2.05) is 17.8 Å². The van der Waals surface area contributed by atoms with Crippen molar-refractivity contribution < 1.29 is 0 Å². The predicted octanol–water partition coefficient (Wildman–Crippen LogP) is 3.02. The van der Waals surface area contributed by atoms with Crippen molar-refractivity contribution in [1.29, 1.82) is 0 Å². The molecule has 21 heavy (non-hydrogen) atoms. The monoisotopic (exact) mass is 306 g/mol. The molecule has 0 aliphatic rings. The first kappa shape index (κ1) is 16.2. The molecular weight excluding hydrogens is 280 g/mol. The summed E-state index contributed by atoms with van der Waals surface area (Å²) in [4.78, 5) is 7.06. The molecule has 0 spiro atoms. The van der Waals surface area contributed by atoms with Crippen LogP contribution in [0.1, 0.15) is 26.5 Å². The third-order valence-corrected chi connectivity index (χ3v) is 3.98. The molecule has 0 bridgehead atoms. The van der Waals surface area contributed by atoms with Crippen molar-refractivity contribution >= 4 is 23.2 Å². The normalized spacial score (nSPS) is 12.0. The van der Waals surface area contributed by atoms with Gasteiger partial charge in [-0.05, 0) is 39.2 Å². The fraction of sp³-hybridized carbons (Fsp3) is 0.562. The number of anilines is 1. The quantitative estimate of drug-likeness (QED) is 0.889. The number of imidazole rings is 1. The molecule has 0 unspecified atom stereocenters. The van der Waals surface area contributed by atoms with Crippen LogP contribution in [-0.4, -0.2) is 40.5 Å². The Labute approximate surface area is 131 Å². The Morgan fingerprint density at radius 3 is 2.76 bits per heavy atom. The summed E-state index contributed by atoms with van der Waals surface area (Å²) >= 11 is 1.86. The highest BCUT2D eigenvalue weighted by molar-refractivity contribution is 7.98. The zero-order valence-electron chi connectivity index (χ0n) is 13.7. The summed E-state index contributed by atoms with van der Waals surface area (Å²) in [5, 5.41) is 3.58. The van der Waals surface area contributed by atoms with E-state index in [9.17, 15) is 0 Å². The highest BCUT2D eigenvalue weighted by Crippen LogP contribution is 2.21. The van der Waals surface area contributed by atoms with E-state index in [-0.39, 0.29) is 5.54 Å². The summed E-state index contributed by atoms with van der Waals surface area (Å²) in [6.07, 6.45) is 4.23. The van der Waals surface area contributed by atoms with E-state index in [2.05, 4.69) is 67.0 Å². The third kappa shape index (κ3) is 4.14. The minimum absolute atomic E-state index is 0.0913. The molecule has 0 saturated carbocycles. The van der Waals surface area contributed by atoms with Gasteiger partial charge in [-0.3, -0.25) is 0 Å². The van der Waals surface area contributed by atoms with Gasteiger partial charge in [0, 0.05) is 37.6 Å². The predicted molar refractivity (Wildman–Crippen MR) is 93.4 cm³/mol. The number of nitrogens with zero attached hydrogens (tertiary/aromatic N) is 3. The molecule has 2 heterocycles. The van der Waals surface area contributed by atoms with Gasteiger partial charge >= 0.3 is 0 Å². The molecule has 0 amide bonds. The lowest BCUT2D eigenvalue weighted by molar-refractivity contribution is 0.420. The Kier molecular flexibility index (Phi) is 5.17. The second-order valence-corrected chi connectivity index (χ2v) is 7.31. The molecule has 0 aliphatic carbocycles. The second-order valence-electron chi connectivity index (χ2n) is 6.33. The van der Waals surface area contributed by atoms with Crippen molar-refractivity contribution in [2.24, 2.45) is 0 Å². The van der Waals surface area contributed by atoms with Crippen LogP contribution in [0.3, 0.4) is 0 Å². The van der Waals surface area contributed by atoms with Crippen molar-refractivity contribution in [2.75, 3.05) is 30.5 Å². The Bertz CT molecular complexity index is 585. The largest absolute Gasteiger partial charge is 0.357 e. The van der Waals surface area contributed by atoms with Gasteiger partial charge in [0.25, 0.3) is 0 Å². The fourth-order valence-electron chi connectivity index (χ4n) is 2.19. The Hall–Kier alpha value is -1.20. The van der Waals surface area contributed by atoms with Crippen molar-refractivity contribution in [2.45, 2.75) is 32.9 Å². The van der Waals surface area contributed by atoms with Crippen molar-refractivity contribution in [3.05, 3.63) is 30.1 Å². The molecule has 0 fully saturated rings. The zero-order chi connectivity index (χ0) is 15.5. The third-order valence-electron chi connectivity index (χ3n) is 3.39. The van der Waals surface area contributed by atoms with Crippen LogP contribution < -0.4 is 10.2 Å². The standard InChI is InChI=1S/C16H26N4S/c1-16(2,3)17-12-13-15(19(4)10-11-21-5)18-14-8-6-7-9-20(13)14/h6-9,17H,10-12H2,1-5H3. The summed E-state index contributed by atoms with van der Waals surface area (Å²) in [5.74, 6) is 2.18. The summed E-state index contributed by atoms with van der Waals surface area (Å²) in [5.41, 5.74) is 2.33. The molecule has 0 saturated heterocycles. The highest BCUT2D eigenvalue weighted by Gasteiger charge is 2.17. The van der Waals surface area contributed by atoms with Crippen LogP contribution in [0.5, 0.6) is 0 Å². The van der Waals surface area contributed by atoms with Crippen LogP contribution in [-0.2, 0) is 6.54 Å². The number of pyridine rings is 1. The van der Waals surface area contributed by atoms with E-state index in [4.69, 9.17) is 4.98 Å². The van der Waals surface area contributed by atoms with Gasteiger partial charge in [-0.1, -0.05) is 6.07 Å². The summed E-state index contributed by atoms with van der Waals surface area (Å²) in [7, 11) is 2.12. The van der Waals surface area contributed by atoms with Crippen LogP contribution >= 0.6 is 11.8 Å². The maximum absolute atomic E-state index is 4.81. The Morgan fingerprint density at radius 1 is 1.33 bits per heavy atom. The van der Waals surface area contributed by atoms with Crippen LogP contribution in [0.4, 0.5) is 5.82 Å². The van der Waals surface area contributed by atoms with E-state index in [0.717, 1.165) is 30.3 Å². The van der Waals surface area contributed by atoms with Gasteiger partial charge in [-0.2, -0.15) is 11.8 Å². The summed E-state index contributed by atoms with van der Waals surface area (Å²) < 4.78 is 2.18. The van der Waals surface area contributed by atoms with Gasteiger partial charge in [0.2, 0.25) is 0 Å². The molecule has 0 radical (unpaired) electrons. The van der Waals surface area contributed by atoms with E-state index < -0.39 is 0 Å². The molecule has 2 aromatic rings. The average molecular weight is 306 g/mol. The highest BCUT2D eigenvalue weighted by atomic mass is 32.2. The lowest BCUT2D eigenvalue weighted by atomic mass is 10.1. The first-order valence-electron chi connectivity index (χ1n) is 7.33. The number of hydrogen-bond acceptors (Lipinski definition) is 4. The van der Waals surface area contributed by atoms with E-state index in [1.165, 1.54) is 5.69 Å². The summed E-state index contributed by atoms with van der Waals surface area (Å²) in [6, 6.07) is 6.16. The maximum atomic E-state index is 4.81. The molecule has 2 aromatic heterocycles. The van der Waals surface area contributed by atoms with Crippen LogP contribution in [0.25, 0.3) is 5.65 Å². The molecule has 4 nitrogen and oxygen atoms in total. The molecule has 0 aromatic carbocycles. The number of nitrogens with one attached hydrogen (secondary N) is 1. The minimum Gasteiger partial charge on any atom is -0.357 e. The summed E-state index contributed by atoms with van der Waals surface area (Å²) in [6.45, 7) is 8.38.